The number of hydrogen-bond donors (Lipinski definition) is 4. The Kier molecular flexibility index (Phi) is 5.59. The SMILES string of the molecule is CC1(C)Oc2c(ncnc2Nc2ccc(NC(=O)Nc3cc(C(C)(C)C)on3)c(F)c2)NC1=O. The summed E-state index contributed by atoms with van der Waals surface area (Å²) >= 11 is 0. The molecule has 3 amide bonds. The molecule has 0 bridgehead atoms. The van der Waals surface area contributed by atoms with Crippen molar-refractivity contribution in [2.24, 2.45) is 0 Å². The normalized spacial score (nSPS) is 14.5. The lowest BCUT2D eigenvalue weighted by Crippen LogP contribution is -2.46. The zero-order valence-corrected chi connectivity index (χ0v) is 19.2. The maximum atomic E-state index is 14.7. The van der Waals surface area contributed by atoms with Crippen LogP contribution in [0.1, 0.15) is 40.4 Å². The van der Waals surface area contributed by atoms with Crippen LogP contribution in [0.2, 0.25) is 0 Å². The number of urea groups is 1. The van der Waals surface area contributed by atoms with Gasteiger partial charge in [0.15, 0.2) is 23.1 Å². The van der Waals surface area contributed by atoms with Crippen LogP contribution in [0.15, 0.2) is 35.1 Å². The number of halogens is 1. The first kappa shape index (κ1) is 23.0. The van der Waals surface area contributed by atoms with Crippen molar-refractivity contribution in [2.45, 2.75) is 45.6 Å². The van der Waals surface area contributed by atoms with Crippen LogP contribution >= 0.6 is 0 Å². The van der Waals surface area contributed by atoms with Crippen LogP contribution in [0.5, 0.6) is 5.75 Å². The van der Waals surface area contributed by atoms with Gasteiger partial charge in [-0.1, -0.05) is 25.9 Å². The molecule has 1 aliphatic rings. The van der Waals surface area contributed by atoms with Gasteiger partial charge in [0.1, 0.15) is 17.9 Å². The first-order valence-corrected chi connectivity index (χ1v) is 10.4. The molecule has 3 aromatic rings. The first-order chi connectivity index (χ1) is 15.9. The summed E-state index contributed by atoms with van der Waals surface area (Å²) in [4.78, 5) is 32.5. The van der Waals surface area contributed by atoms with E-state index in [0.29, 0.717) is 11.4 Å². The number of rotatable bonds is 4. The van der Waals surface area contributed by atoms with E-state index in [1.165, 1.54) is 18.5 Å². The van der Waals surface area contributed by atoms with E-state index in [1.807, 2.05) is 20.8 Å². The Hall–Kier alpha value is -4.22. The van der Waals surface area contributed by atoms with E-state index in [4.69, 9.17) is 9.26 Å². The fourth-order valence-corrected chi connectivity index (χ4v) is 3.00. The van der Waals surface area contributed by atoms with Gasteiger partial charge in [0.2, 0.25) is 5.75 Å². The Balaban J connectivity index is 1.45. The minimum atomic E-state index is -1.13. The largest absolute Gasteiger partial charge is 0.470 e. The molecule has 0 saturated heterocycles. The molecule has 4 rings (SSSR count). The van der Waals surface area contributed by atoms with Crippen LogP contribution in [-0.4, -0.2) is 32.7 Å². The van der Waals surface area contributed by atoms with E-state index in [1.54, 1.807) is 26.0 Å². The van der Waals surface area contributed by atoms with Gasteiger partial charge in [-0.3, -0.25) is 10.1 Å². The first-order valence-electron chi connectivity index (χ1n) is 10.4. The van der Waals surface area contributed by atoms with Crippen LogP contribution in [-0.2, 0) is 10.2 Å². The monoisotopic (exact) mass is 469 g/mol. The summed E-state index contributed by atoms with van der Waals surface area (Å²) < 4.78 is 25.7. The maximum absolute atomic E-state index is 14.7. The van der Waals surface area contributed by atoms with Crippen molar-refractivity contribution in [2.75, 3.05) is 21.3 Å². The highest BCUT2D eigenvalue weighted by Crippen LogP contribution is 2.38. The van der Waals surface area contributed by atoms with E-state index < -0.39 is 17.4 Å². The number of amides is 3. The molecule has 0 radical (unpaired) electrons. The minimum absolute atomic E-state index is 0.0445. The molecule has 0 unspecified atom stereocenters. The van der Waals surface area contributed by atoms with Crippen LogP contribution < -0.4 is 26.0 Å². The van der Waals surface area contributed by atoms with Gasteiger partial charge in [-0.25, -0.2) is 19.2 Å². The van der Waals surface area contributed by atoms with Crippen molar-refractivity contribution in [1.29, 1.82) is 0 Å². The van der Waals surface area contributed by atoms with E-state index in [2.05, 4.69) is 36.4 Å². The van der Waals surface area contributed by atoms with Crippen LogP contribution in [0.4, 0.5) is 38.0 Å². The van der Waals surface area contributed by atoms with Crippen LogP contribution in [0.25, 0.3) is 0 Å². The highest BCUT2D eigenvalue weighted by molar-refractivity contribution is 6.00. The van der Waals surface area contributed by atoms with Crippen molar-refractivity contribution < 1.29 is 23.2 Å². The molecule has 4 N–H and O–H groups in total. The lowest BCUT2D eigenvalue weighted by Gasteiger charge is -2.31. The highest BCUT2D eigenvalue weighted by atomic mass is 19.1. The van der Waals surface area contributed by atoms with Crippen LogP contribution in [0.3, 0.4) is 0 Å². The Labute approximate surface area is 194 Å². The molecule has 2 aromatic heterocycles. The van der Waals surface area contributed by atoms with E-state index in [9.17, 15) is 14.0 Å². The summed E-state index contributed by atoms with van der Waals surface area (Å²) in [6.45, 7) is 9.06. The van der Waals surface area contributed by atoms with Gasteiger partial charge in [-0.05, 0) is 32.0 Å². The number of anilines is 5. The Bertz CT molecular complexity index is 1270. The molecule has 0 atom stereocenters. The average molecular weight is 469 g/mol. The molecular formula is C22H24FN7O4. The standard InChI is InChI=1S/C22H24FN7O4/c1-21(2,3)14-9-15(30-34-14)28-20(32)27-13-7-6-11(8-12(13)23)26-17-16-18(25-10-24-17)29-19(31)22(4,5)33-16/h6-10H,1-5H3,(H2,27,28,30,32)(H2,24,25,26,29,31). The smallest absolute Gasteiger partial charge is 0.325 e. The predicted octanol–water partition coefficient (Wildman–Crippen LogP) is 4.40. The van der Waals surface area contributed by atoms with Gasteiger partial charge in [0, 0.05) is 17.2 Å². The third kappa shape index (κ3) is 4.75. The summed E-state index contributed by atoms with van der Waals surface area (Å²) in [5.74, 6) is 0.471. The molecule has 12 heteroatoms. The van der Waals surface area contributed by atoms with E-state index in [-0.39, 0.29) is 40.2 Å². The second-order valence-corrected chi connectivity index (χ2v) is 9.19. The molecule has 34 heavy (non-hydrogen) atoms. The predicted molar refractivity (Wildman–Crippen MR) is 123 cm³/mol. The summed E-state index contributed by atoms with van der Waals surface area (Å²) in [5.41, 5.74) is -1.10. The van der Waals surface area contributed by atoms with Gasteiger partial charge in [-0.15, -0.1) is 0 Å². The van der Waals surface area contributed by atoms with Crippen molar-refractivity contribution >= 4 is 40.8 Å². The zero-order chi connectivity index (χ0) is 24.7. The van der Waals surface area contributed by atoms with Crippen molar-refractivity contribution in [3.05, 3.63) is 42.2 Å². The molecule has 1 aliphatic heterocycles. The summed E-state index contributed by atoms with van der Waals surface area (Å²) in [7, 11) is 0. The number of nitrogens with one attached hydrogen (secondary N) is 4. The Morgan fingerprint density at radius 2 is 1.91 bits per heavy atom. The quantitative estimate of drug-likeness (QED) is 0.440. The highest BCUT2D eigenvalue weighted by Gasteiger charge is 2.37. The average Bonchev–Trinajstić information content (AvgIpc) is 3.20. The number of carbonyl (C=O) groups excluding carboxylic acids is 2. The van der Waals surface area contributed by atoms with Gasteiger partial charge in [0.05, 0.1) is 5.69 Å². The molecule has 0 fully saturated rings. The number of ether oxygens (including phenoxy) is 1. The maximum Gasteiger partial charge on any atom is 0.325 e. The fourth-order valence-electron chi connectivity index (χ4n) is 3.00. The molecule has 0 saturated carbocycles. The van der Waals surface area contributed by atoms with Gasteiger partial charge >= 0.3 is 6.03 Å². The van der Waals surface area contributed by atoms with Crippen molar-refractivity contribution in [1.82, 2.24) is 15.1 Å². The number of nitrogens with zero attached hydrogens (tertiary/aromatic N) is 3. The second-order valence-electron chi connectivity index (χ2n) is 9.19. The number of carbonyl (C=O) groups is 2. The third-order valence-corrected chi connectivity index (χ3v) is 4.91. The number of hydrogen-bond acceptors (Lipinski definition) is 8. The van der Waals surface area contributed by atoms with Crippen molar-refractivity contribution in [3.63, 3.8) is 0 Å². The Morgan fingerprint density at radius 3 is 2.59 bits per heavy atom. The van der Waals surface area contributed by atoms with Crippen molar-refractivity contribution in [3.8, 4) is 5.75 Å². The molecule has 0 spiro atoms. The number of benzene rings is 1. The molecule has 11 nitrogen and oxygen atoms in total. The van der Waals surface area contributed by atoms with Gasteiger partial charge in [0.25, 0.3) is 5.91 Å². The second kappa shape index (κ2) is 8.28. The van der Waals surface area contributed by atoms with E-state index >= 15 is 0 Å². The lowest BCUT2D eigenvalue weighted by molar-refractivity contribution is -0.129. The van der Waals surface area contributed by atoms with E-state index in [0.717, 1.165) is 0 Å². The number of aromatic nitrogens is 3. The fraction of sp³-hybridized carbons (Fsp3) is 0.318. The number of fused-ring (bicyclic) bond motifs is 1. The van der Waals surface area contributed by atoms with Crippen LogP contribution in [0, 0.1) is 5.82 Å². The van der Waals surface area contributed by atoms with Gasteiger partial charge < -0.3 is 25.2 Å². The van der Waals surface area contributed by atoms with Gasteiger partial charge in [-0.2, -0.15) is 0 Å². The lowest BCUT2D eigenvalue weighted by atomic mass is 9.93. The minimum Gasteiger partial charge on any atom is -0.470 e. The third-order valence-electron chi connectivity index (χ3n) is 4.91. The topological polar surface area (TPSA) is 143 Å². The molecular weight excluding hydrogens is 445 g/mol. The summed E-state index contributed by atoms with van der Waals surface area (Å²) in [6, 6.07) is 5.06. The molecule has 3 heterocycles. The summed E-state index contributed by atoms with van der Waals surface area (Å²) in [6.07, 6.45) is 1.24. The molecule has 1 aromatic carbocycles. The molecule has 178 valence electrons. The molecule has 0 aliphatic carbocycles. The zero-order valence-electron chi connectivity index (χ0n) is 19.2. The Morgan fingerprint density at radius 1 is 1.15 bits per heavy atom. The summed E-state index contributed by atoms with van der Waals surface area (Å²) in [5, 5.41) is 14.3.